The minimum Gasteiger partial charge on any atom is -0.357 e. The third-order valence-corrected chi connectivity index (χ3v) is 4.53. The van der Waals surface area contributed by atoms with E-state index in [1.54, 1.807) is 6.20 Å². The number of aliphatic imine (C=N–C) groups is 1. The van der Waals surface area contributed by atoms with Crippen LogP contribution in [0.2, 0.25) is 0 Å². The summed E-state index contributed by atoms with van der Waals surface area (Å²) in [5.41, 5.74) is 2.32. The number of guanidine groups is 1. The van der Waals surface area contributed by atoms with Crippen LogP contribution < -0.4 is 16.0 Å². The van der Waals surface area contributed by atoms with Crippen molar-refractivity contribution in [3.05, 3.63) is 48.3 Å². The summed E-state index contributed by atoms with van der Waals surface area (Å²) in [6.45, 7) is 4.31. The second kappa shape index (κ2) is 12.5. The van der Waals surface area contributed by atoms with Crippen LogP contribution in [0.25, 0.3) is 5.69 Å². The second-order valence-corrected chi connectivity index (χ2v) is 7.00. The van der Waals surface area contributed by atoms with E-state index in [0.717, 1.165) is 50.4 Å². The number of hydrogen-bond donors (Lipinski definition) is 3. The highest BCUT2D eigenvalue weighted by molar-refractivity contribution is 14.0. The van der Waals surface area contributed by atoms with E-state index in [0.29, 0.717) is 19.0 Å². The Morgan fingerprint density at radius 3 is 2.69 bits per heavy atom. The number of hydrogen-bond acceptors (Lipinski definition) is 3. The molecule has 1 aliphatic rings. The van der Waals surface area contributed by atoms with E-state index in [2.05, 4.69) is 50.3 Å². The lowest BCUT2D eigenvalue weighted by atomic mass is 10.1. The van der Waals surface area contributed by atoms with E-state index in [1.807, 2.05) is 23.9 Å². The molecule has 1 saturated carbocycles. The Morgan fingerprint density at radius 2 is 2.03 bits per heavy atom. The van der Waals surface area contributed by atoms with Crippen molar-refractivity contribution in [3.8, 4) is 5.69 Å². The summed E-state index contributed by atoms with van der Waals surface area (Å²) in [7, 11) is 0. The quantitative estimate of drug-likeness (QED) is 0.199. The monoisotopic (exact) mass is 510 g/mol. The van der Waals surface area contributed by atoms with Crippen LogP contribution in [-0.2, 0) is 11.2 Å². The summed E-state index contributed by atoms with van der Waals surface area (Å²) in [5, 5.41) is 13.9. The summed E-state index contributed by atoms with van der Waals surface area (Å²) in [4.78, 5) is 16.3. The fourth-order valence-corrected chi connectivity index (χ4v) is 2.86. The van der Waals surface area contributed by atoms with E-state index in [4.69, 9.17) is 0 Å². The predicted octanol–water partition coefficient (Wildman–Crippen LogP) is 2.65. The molecule has 8 heteroatoms. The Labute approximate surface area is 189 Å². The molecule has 158 valence electrons. The topological polar surface area (TPSA) is 83.3 Å². The van der Waals surface area contributed by atoms with Crippen LogP contribution in [0.5, 0.6) is 0 Å². The van der Waals surface area contributed by atoms with Gasteiger partial charge in [-0.05, 0) is 56.4 Å². The Kier molecular flexibility index (Phi) is 9.96. The van der Waals surface area contributed by atoms with Crippen molar-refractivity contribution < 1.29 is 4.79 Å². The Bertz CT molecular complexity index is 756. The fourth-order valence-electron chi connectivity index (χ4n) is 2.86. The lowest BCUT2D eigenvalue weighted by Crippen LogP contribution is -2.38. The Balaban J connectivity index is 0.00000300. The summed E-state index contributed by atoms with van der Waals surface area (Å²) < 4.78 is 1.85. The molecule has 0 spiro atoms. The van der Waals surface area contributed by atoms with Crippen LogP contribution in [0, 0.1) is 0 Å². The number of nitrogens with zero attached hydrogens (tertiary/aromatic N) is 3. The van der Waals surface area contributed by atoms with Crippen molar-refractivity contribution in [2.45, 2.75) is 45.1 Å². The minimum absolute atomic E-state index is 0. The molecule has 0 unspecified atom stereocenters. The highest BCUT2D eigenvalue weighted by Crippen LogP contribution is 2.18. The highest BCUT2D eigenvalue weighted by Gasteiger charge is 2.22. The van der Waals surface area contributed by atoms with Crippen LogP contribution in [0.1, 0.15) is 38.2 Å². The van der Waals surface area contributed by atoms with Gasteiger partial charge < -0.3 is 16.0 Å². The molecule has 2 aromatic rings. The number of rotatable bonds is 10. The van der Waals surface area contributed by atoms with Crippen LogP contribution in [0.3, 0.4) is 0 Å². The van der Waals surface area contributed by atoms with Gasteiger partial charge in [-0.3, -0.25) is 9.79 Å². The standard InChI is InChI=1S/C21H30N6O.HI/c1-2-22-21(23-13-3-5-20(28)26-18-8-9-18)24-15-12-17-6-10-19(11-7-17)27-16-4-14-25-27;/h4,6-7,10-11,14,16,18H,2-3,5,8-9,12-13,15H2,1H3,(H,26,28)(H2,22,23,24);1H. The van der Waals surface area contributed by atoms with Gasteiger partial charge in [0, 0.05) is 44.5 Å². The van der Waals surface area contributed by atoms with Gasteiger partial charge in [-0.15, -0.1) is 24.0 Å². The normalized spacial score (nSPS) is 13.5. The van der Waals surface area contributed by atoms with Gasteiger partial charge in [0.25, 0.3) is 0 Å². The first kappa shape index (κ1) is 23.2. The van der Waals surface area contributed by atoms with Crippen LogP contribution >= 0.6 is 24.0 Å². The second-order valence-electron chi connectivity index (χ2n) is 7.00. The van der Waals surface area contributed by atoms with Gasteiger partial charge in [0.1, 0.15) is 0 Å². The molecule has 0 bridgehead atoms. The van der Waals surface area contributed by atoms with E-state index >= 15 is 0 Å². The molecule has 7 nitrogen and oxygen atoms in total. The molecule has 1 fully saturated rings. The number of nitrogens with one attached hydrogen (secondary N) is 3. The van der Waals surface area contributed by atoms with Crippen molar-refractivity contribution in [3.63, 3.8) is 0 Å². The zero-order valence-corrected chi connectivity index (χ0v) is 19.3. The SMILES string of the molecule is CCNC(=NCCCC(=O)NC1CC1)NCCc1ccc(-n2cccn2)cc1.I. The number of amides is 1. The number of halogens is 1. The van der Waals surface area contributed by atoms with E-state index in [1.165, 1.54) is 5.56 Å². The average molecular weight is 510 g/mol. The van der Waals surface area contributed by atoms with Crippen molar-refractivity contribution >= 4 is 35.8 Å². The molecular weight excluding hydrogens is 479 g/mol. The fraction of sp³-hybridized carbons (Fsp3) is 0.476. The number of carbonyl (C=O) groups excluding carboxylic acids is 1. The van der Waals surface area contributed by atoms with Gasteiger partial charge >= 0.3 is 0 Å². The van der Waals surface area contributed by atoms with Crippen molar-refractivity contribution in [2.24, 2.45) is 4.99 Å². The number of benzene rings is 1. The summed E-state index contributed by atoms with van der Waals surface area (Å²) in [6, 6.07) is 10.8. The molecule has 1 aromatic carbocycles. The smallest absolute Gasteiger partial charge is 0.220 e. The van der Waals surface area contributed by atoms with Gasteiger partial charge in [0.15, 0.2) is 5.96 Å². The third kappa shape index (κ3) is 8.43. The van der Waals surface area contributed by atoms with Gasteiger partial charge in [0.05, 0.1) is 5.69 Å². The molecule has 1 amide bonds. The zero-order chi connectivity index (χ0) is 19.6. The molecular formula is C21H31IN6O. The van der Waals surface area contributed by atoms with Gasteiger partial charge in [-0.25, -0.2) is 4.68 Å². The molecule has 0 atom stereocenters. The lowest BCUT2D eigenvalue weighted by molar-refractivity contribution is -0.121. The predicted molar refractivity (Wildman–Crippen MR) is 127 cm³/mol. The molecule has 0 saturated heterocycles. The number of aromatic nitrogens is 2. The zero-order valence-electron chi connectivity index (χ0n) is 16.9. The minimum atomic E-state index is 0. The molecule has 3 rings (SSSR count). The molecule has 1 aliphatic carbocycles. The maximum absolute atomic E-state index is 11.7. The maximum atomic E-state index is 11.7. The van der Waals surface area contributed by atoms with Crippen LogP contribution in [0.4, 0.5) is 0 Å². The van der Waals surface area contributed by atoms with Gasteiger partial charge in [0.2, 0.25) is 5.91 Å². The third-order valence-electron chi connectivity index (χ3n) is 4.53. The van der Waals surface area contributed by atoms with E-state index in [9.17, 15) is 4.79 Å². The van der Waals surface area contributed by atoms with Crippen molar-refractivity contribution in [1.82, 2.24) is 25.7 Å². The molecule has 0 aliphatic heterocycles. The molecule has 29 heavy (non-hydrogen) atoms. The summed E-state index contributed by atoms with van der Waals surface area (Å²) in [5.74, 6) is 0.951. The van der Waals surface area contributed by atoms with Gasteiger partial charge in [-0.1, -0.05) is 12.1 Å². The molecule has 1 aromatic heterocycles. The summed E-state index contributed by atoms with van der Waals surface area (Å²) >= 11 is 0. The van der Waals surface area contributed by atoms with Crippen LogP contribution in [-0.4, -0.2) is 47.3 Å². The number of carbonyl (C=O) groups is 1. The first-order chi connectivity index (χ1) is 13.7. The molecule has 0 radical (unpaired) electrons. The molecule has 3 N–H and O–H groups in total. The molecule has 1 heterocycles. The largest absolute Gasteiger partial charge is 0.357 e. The Hall–Kier alpha value is -2.10. The lowest BCUT2D eigenvalue weighted by Gasteiger charge is -2.11. The Morgan fingerprint density at radius 1 is 1.24 bits per heavy atom. The van der Waals surface area contributed by atoms with E-state index in [-0.39, 0.29) is 29.9 Å². The maximum Gasteiger partial charge on any atom is 0.220 e. The van der Waals surface area contributed by atoms with Gasteiger partial charge in [-0.2, -0.15) is 5.10 Å². The first-order valence-electron chi connectivity index (χ1n) is 10.1. The van der Waals surface area contributed by atoms with Crippen molar-refractivity contribution in [1.29, 1.82) is 0 Å². The summed E-state index contributed by atoms with van der Waals surface area (Å²) in [6.07, 6.45) is 8.19. The van der Waals surface area contributed by atoms with E-state index < -0.39 is 0 Å². The van der Waals surface area contributed by atoms with Crippen molar-refractivity contribution in [2.75, 3.05) is 19.6 Å². The highest BCUT2D eigenvalue weighted by atomic mass is 127. The first-order valence-corrected chi connectivity index (χ1v) is 10.1. The van der Waals surface area contributed by atoms with Crippen LogP contribution in [0.15, 0.2) is 47.7 Å². The average Bonchev–Trinajstić information content (AvgIpc) is 3.34.